The van der Waals surface area contributed by atoms with Crippen LogP contribution in [0.5, 0.6) is 0 Å². The van der Waals surface area contributed by atoms with E-state index >= 15 is 0 Å². The van der Waals surface area contributed by atoms with Gasteiger partial charge in [0.1, 0.15) is 6.33 Å². The van der Waals surface area contributed by atoms with E-state index in [-0.39, 0.29) is 0 Å². The molecule has 0 aliphatic heterocycles. The Labute approximate surface area is 94.3 Å². The highest BCUT2D eigenvalue weighted by molar-refractivity contribution is 5.69. The molecule has 0 saturated heterocycles. The molecular formula is C11H15N5. The first kappa shape index (κ1) is 10.5. The van der Waals surface area contributed by atoms with Gasteiger partial charge < -0.3 is 11.1 Å². The summed E-state index contributed by atoms with van der Waals surface area (Å²) in [4.78, 5) is 4.13. The minimum absolute atomic E-state index is 0.578. The second-order valence-corrected chi connectivity index (χ2v) is 3.72. The van der Waals surface area contributed by atoms with Crippen molar-refractivity contribution in [2.45, 2.75) is 13.5 Å². The number of nitrogens with one attached hydrogen (secondary N) is 1. The summed E-state index contributed by atoms with van der Waals surface area (Å²) in [7, 11) is 1.84. The van der Waals surface area contributed by atoms with Crippen LogP contribution in [0.25, 0.3) is 0 Å². The third-order valence-electron chi connectivity index (χ3n) is 2.41. The van der Waals surface area contributed by atoms with Crippen LogP contribution in [0.3, 0.4) is 0 Å². The largest absolute Gasteiger partial charge is 0.397 e. The molecular weight excluding hydrogens is 202 g/mol. The molecule has 16 heavy (non-hydrogen) atoms. The zero-order chi connectivity index (χ0) is 11.5. The van der Waals surface area contributed by atoms with Gasteiger partial charge in [0.15, 0.2) is 5.82 Å². The number of nitrogens with two attached hydrogens (primary N) is 1. The van der Waals surface area contributed by atoms with E-state index in [0.29, 0.717) is 6.54 Å². The van der Waals surface area contributed by atoms with Gasteiger partial charge in [0.25, 0.3) is 0 Å². The van der Waals surface area contributed by atoms with Gasteiger partial charge in [-0.15, -0.1) is 0 Å². The lowest BCUT2D eigenvalue weighted by Crippen LogP contribution is -2.05. The molecule has 84 valence electrons. The Morgan fingerprint density at radius 2 is 2.25 bits per heavy atom. The van der Waals surface area contributed by atoms with Crippen LogP contribution in [0.1, 0.15) is 11.4 Å². The van der Waals surface area contributed by atoms with Crippen LogP contribution < -0.4 is 11.1 Å². The van der Waals surface area contributed by atoms with Crippen LogP contribution in [-0.2, 0) is 13.6 Å². The number of rotatable bonds is 3. The molecule has 1 aromatic heterocycles. The first-order chi connectivity index (χ1) is 7.66. The molecule has 0 spiro atoms. The summed E-state index contributed by atoms with van der Waals surface area (Å²) >= 11 is 0. The van der Waals surface area contributed by atoms with Crippen LogP contribution in [0.15, 0.2) is 24.5 Å². The van der Waals surface area contributed by atoms with Gasteiger partial charge >= 0.3 is 0 Å². The number of nitrogen functional groups attached to an aromatic ring is 1. The monoisotopic (exact) mass is 217 g/mol. The van der Waals surface area contributed by atoms with Crippen molar-refractivity contribution in [1.82, 2.24) is 14.8 Å². The second kappa shape index (κ2) is 4.22. The molecule has 3 N–H and O–H groups in total. The normalized spacial score (nSPS) is 10.4. The van der Waals surface area contributed by atoms with Crippen molar-refractivity contribution in [3.8, 4) is 0 Å². The zero-order valence-corrected chi connectivity index (χ0v) is 9.44. The van der Waals surface area contributed by atoms with Crippen molar-refractivity contribution in [2.24, 2.45) is 7.05 Å². The lowest BCUT2D eigenvalue weighted by Gasteiger charge is -2.09. The first-order valence-corrected chi connectivity index (χ1v) is 5.10. The maximum Gasteiger partial charge on any atom is 0.169 e. The number of para-hydroxylation sites is 1. The molecule has 0 saturated carbocycles. The molecule has 5 nitrogen and oxygen atoms in total. The Bertz CT molecular complexity index is 489. The summed E-state index contributed by atoms with van der Waals surface area (Å²) in [5.74, 6) is 0.753. The number of anilines is 2. The summed E-state index contributed by atoms with van der Waals surface area (Å²) in [6.45, 7) is 2.56. The predicted molar refractivity (Wildman–Crippen MR) is 63.9 cm³/mol. The third-order valence-corrected chi connectivity index (χ3v) is 2.41. The highest BCUT2D eigenvalue weighted by atomic mass is 15.3. The molecule has 2 rings (SSSR count). The van der Waals surface area contributed by atoms with E-state index < -0.39 is 0 Å². The molecule has 0 aliphatic carbocycles. The van der Waals surface area contributed by atoms with Gasteiger partial charge in [-0.25, -0.2) is 4.98 Å². The molecule has 0 fully saturated rings. The van der Waals surface area contributed by atoms with Gasteiger partial charge in [-0.1, -0.05) is 12.1 Å². The zero-order valence-electron chi connectivity index (χ0n) is 9.44. The summed E-state index contributed by atoms with van der Waals surface area (Å²) in [6.07, 6.45) is 1.68. The molecule has 1 aromatic carbocycles. The number of hydrogen-bond acceptors (Lipinski definition) is 4. The lowest BCUT2D eigenvalue weighted by atomic mass is 10.2. The van der Waals surface area contributed by atoms with E-state index in [1.807, 2.05) is 32.2 Å². The molecule has 1 heterocycles. The third kappa shape index (κ3) is 2.13. The van der Waals surface area contributed by atoms with E-state index in [4.69, 9.17) is 5.73 Å². The second-order valence-electron chi connectivity index (χ2n) is 3.72. The van der Waals surface area contributed by atoms with E-state index in [0.717, 1.165) is 22.8 Å². The summed E-state index contributed by atoms with van der Waals surface area (Å²) < 4.78 is 1.68. The molecule has 0 bridgehead atoms. The van der Waals surface area contributed by atoms with Gasteiger partial charge in [-0.05, 0) is 18.6 Å². The first-order valence-electron chi connectivity index (χ1n) is 5.10. The fraction of sp³-hybridized carbons (Fsp3) is 0.273. The maximum atomic E-state index is 5.94. The summed E-state index contributed by atoms with van der Waals surface area (Å²) in [5.41, 5.74) is 8.71. The molecule has 0 unspecified atom stereocenters. The molecule has 2 aromatic rings. The molecule has 5 heteroatoms. The Kier molecular flexibility index (Phi) is 2.76. The Hall–Kier alpha value is -2.04. The van der Waals surface area contributed by atoms with Crippen LogP contribution in [0.4, 0.5) is 11.4 Å². The van der Waals surface area contributed by atoms with E-state index in [1.54, 1.807) is 11.0 Å². The minimum Gasteiger partial charge on any atom is -0.397 e. The van der Waals surface area contributed by atoms with Gasteiger partial charge in [0.2, 0.25) is 0 Å². The number of hydrogen-bond donors (Lipinski definition) is 2. The van der Waals surface area contributed by atoms with Crippen LogP contribution >= 0.6 is 0 Å². The number of nitrogens with zero attached hydrogens (tertiary/aromatic N) is 3. The van der Waals surface area contributed by atoms with Gasteiger partial charge in [0, 0.05) is 7.05 Å². The van der Waals surface area contributed by atoms with Crippen molar-refractivity contribution in [2.75, 3.05) is 11.1 Å². The Morgan fingerprint density at radius 1 is 1.44 bits per heavy atom. The van der Waals surface area contributed by atoms with E-state index in [9.17, 15) is 0 Å². The van der Waals surface area contributed by atoms with Crippen molar-refractivity contribution in [3.63, 3.8) is 0 Å². The molecule has 0 amide bonds. The number of benzene rings is 1. The average molecular weight is 217 g/mol. The van der Waals surface area contributed by atoms with Gasteiger partial charge in [-0.2, -0.15) is 5.10 Å². The van der Waals surface area contributed by atoms with Gasteiger partial charge in [-0.3, -0.25) is 4.68 Å². The minimum atomic E-state index is 0.578. The number of aryl methyl sites for hydroxylation is 2. The lowest BCUT2D eigenvalue weighted by molar-refractivity contribution is 0.747. The summed E-state index contributed by atoms with van der Waals surface area (Å²) in [6, 6.07) is 5.91. The standard InChI is InChI=1S/C11H15N5/c1-8-4-3-5-9(11(8)12)13-6-10-14-7-16(2)15-10/h3-5,7,13H,6,12H2,1-2H3. The van der Waals surface area contributed by atoms with Crippen LogP contribution in [0.2, 0.25) is 0 Å². The average Bonchev–Trinajstić information content (AvgIpc) is 2.67. The predicted octanol–water partition coefficient (Wildman–Crippen LogP) is 1.32. The highest BCUT2D eigenvalue weighted by Crippen LogP contribution is 2.21. The molecule has 0 atom stereocenters. The Morgan fingerprint density at radius 3 is 2.94 bits per heavy atom. The molecule has 0 aliphatic rings. The highest BCUT2D eigenvalue weighted by Gasteiger charge is 2.02. The molecule has 0 radical (unpaired) electrons. The Balaban J connectivity index is 2.07. The topological polar surface area (TPSA) is 68.8 Å². The summed E-state index contributed by atoms with van der Waals surface area (Å²) in [5, 5.41) is 7.40. The van der Waals surface area contributed by atoms with Crippen LogP contribution in [0, 0.1) is 6.92 Å². The number of aromatic nitrogens is 3. The van der Waals surface area contributed by atoms with Crippen molar-refractivity contribution in [1.29, 1.82) is 0 Å². The van der Waals surface area contributed by atoms with Crippen molar-refractivity contribution >= 4 is 11.4 Å². The van der Waals surface area contributed by atoms with E-state index in [1.165, 1.54) is 0 Å². The smallest absolute Gasteiger partial charge is 0.169 e. The SMILES string of the molecule is Cc1cccc(NCc2ncn(C)n2)c1N. The van der Waals surface area contributed by atoms with Crippen LogP contribution in [-0.4, -0.2) is 14.8 Å². The van der Waals surface area contributed by atoms with Crippen molar-refractivity contribution in [3.05, 3.63) is 35.9 Å². The quantitative estimate of drug-likeness (QED) is 0.761. The fourth-order valence-electron chi connectivity index (χ4n) is 1.47. The maximum absolute atomic E-state index is 5.94. The van der Waals surface area contributed by atoms with Crippen molar-refractivity contribution < 1.29 is 0 Å². The van der Waals surface area contributed by atoms with E-state index in [2.05, 4.69) is 15.4 Å². The van der Waals surface area contributed by atoms with Gasteiger partial charge in [0.05, 0.1) is 17.9 Å². The fourth-order valence-corrected chi connectivity index (χ4v) is 1.47.